The molecule has 25 heavy (non-hydrogen) atoms. The second-order valence-electron chi connectivity index (χ2n) is 6.41. The van der Waals surface area contributed by atoms with Gasteiger partial charge in [-0.25, -0.2) is 4.79 Å². The fraction of sp³-hybridized carbons (Fsp3) is 0.500. The highest BCUT2D eigenvalue weighted by atomic mass is 16.2. The lowest BCUT2D eigenvalue weighted by Crippen LogP contribution is -2.48. The first-order chi connectivity index (χ1) is 12.0. The summed E-state index contributed by atoms with van der Waals surface area (Å²) < 4.78 is 0. The zero-order valence-corrected chi connectivity index (χ0v) is 14.7. The summed E-state index contributed by atoms with van der Waals surface area (Å²) in [6, 6.07) is 8.47. The third kappa shape index (κ3) is 5.77. The molecule has 1 aliphatic heterocycles. The number of nitrogens with one attached hydrogen (secondary N) is 3. The highest BCUT2D eigenvalue weighted by molar-refractivity contribution is 5.94. The summed E-state index contributed by atoms with van der Waals surface area (Å²) in [6.07, 6.45) is 1.65. The number of carbonyl (C=O) groups excluding carboxylic acids is 3. The number of benzene rings is 1. The molecule has 0 aromatic heterocycles. The molecule has 0 spiro atoms. The summed E-state index contributed by atoms with van der Waals surface area (Å²) in [5.74, 6) is -0.307. The van der Waals surface area contributed by atoms with Crippen molar-refractivity contribution in [1.29, 1.82) is 0 Å². The molecule has 0 bridgehead atoms. The first-order valence-electron chi connectivity index (χ1n) is 8.67. The number of para-hydroxylation sites is 1. The molecule has 1 atom stereocenters. The van der Waals surface area contributed by atoms with E-state index >= 15 is 0 Å². The molecule has 3 N–H and O–H groups in total. The number of likely N-dealkylation sites (tertiary alicyclic amines) is 1. The Balaban J connectivity index is 1.82. The largest absolute Gasteiger partial charge is 0.354 e. The van der Waals surface area contributed by atoms with Gasteiger partial charge < -0.3 is 20.9 Å². The molecule has 1 saturated heterocycles. The van der Waals surface area contributed by atoms with Crippen LogP contribution in [0.2, 0.25) is 0 Å². The lowest BCUT2D eigenvalue weighted by molar-refractivity contribution is -0.125. The number of nitrogens with zero attached hydrogens (tertiary/aromatic N) is 1. The fourth-order valence-corrected chi connectivity index (χ4v) is 2.81. The van der Waals surface area contributed by atoms with E-state index in [0.29, 0.717) is 18.7 Å². The van der Waals surface area contributed by atoms with Gasteiger partial charge in [0.25, 0.3) is 0 Å². The van der Waals surface area contributed by atoms with Crippen LogP contribution in [0.15, 0.2) is 30.3 Å². The second kappa shape index (κ2) is 9.05. The van der Waals surface area contributed by atoms with E-state index in [1.165, 1.54) is 0 Å². The Morgan fingerprint density at radius 3 is 2.60 bits per heavy atom. The van der Waals surface area contributed by atoms with Crippen LogP contribution in [0.3, 0.4) is 0 Å². The number of urea groups is 1. The Labute approximate surface area is 148 Å². The summed E-state index contributed by atoms with van der Waals surface area (Å²) in [4.78, 5) is 37.9. The van der Waals surface area contributed by atoms with Crippen molar-refractivity contribution >= 4 is 23.5 Å². The van der Waals surface area contributed by atoms with Crippen molar-refractivity contribution in [2.75, 3.05) is 18.4 Å². The summed E-state index contributed by atoms with van der Waals surface area (Å²) in [6.45, 7) is 4.59. The average molecular weight is 346 g/mol. The van der Waals surface area contributed by atoms with E-state index in [1.807, 2.05) is 32.0 Å². The van der Waals surface area contributed by atoms with E-state index in [1.54, 1.807) is 17.0 Å². The molecule has 2 rings (SSSR count). The predicted molar refractivity (Wildman–Crippen MR) is 96.1 cm³/mol. The molecular formula is C18H26N4O3. The molecule has 4 amide bonds. The van der Waals surface area contributed by atoms with Gasteiger partial charge in [-0.05, 0) is 38.8 Å². The van der Waals surface area contributed by atoms with Crippen molar-refractivity contribution in [3.05, 3.63) is 30.3 Å². The number of hydrogen-bond acceptors (Lipinski definition) is 3. The Kier molecular flexibility index (Phi) is 6.80. The molecule has 1 fully saturated rings. The van der Waals surface area contributed by atoms with Gasteiger partial charge in [-0.1, -0.05) is 18.2 Å². The normalized spacial score (nSPS) is 16.6. The number of hydrogen-bond donors (Lipinski definition) is 3. The predicted octanol–water partition coefficient (Wildman–Crippen LogP) is 1.71. The number of anilines is 1. The van der Waals surface area contributed by atoms with Crippen LogP contribution >= 0.6 is 0 Å². The summed E-state index contributed by atoms with van der Waals surface area (Å²) >= 11 is 0. The Hall–Kier alpha value is -2.57. The maximum Gasteiger partial charge on any atom is 0.322 e. The average Bonchev–Trinajstić information content (AvgIpc) is 3.04. The fourth-order valence-electron chi connectivity index (χ4n) is 2.81. The second-order valence-corrected chi connectivity index (χ2v) is 6.41. The monoisotopic (exact) mass is 346 g/mol. The Bertz CT molecular complexity index is 604. The maximum absolute atomic E-state index is 12.4. The Morgan fingerprint density at radius 1 is 1.20 bits per heavy atom. The van der Waals surface area contributed by atoms with Crippen molar-refractivity contribution in [3.63, 3.8) is 0 Å². The van der Waals surface area contributed by atoms with E-state index in [2.05, 4.69) is 16.0 Å². The number of amides is 4. The van der Waals surface area contributed by atoms with Crippen molar-refractivity contribution < 1.29 is 14.4 Å². The molecular weight excluding hydrogens is 320 g/mol. The molecule has 1 aliphatic rings. The SMILES string of the molecule is CC(C)NC(=O)CCNC(=O)[C@H]1CCCN1C(=O)Nc1ccccc1. The third-order valence-electron chi connectivity index (χ3n) is 3.94. The van der Waals surface area contributed by atoms with Gasteiger partial charge in [0.1, 0.15) is 6.04 Å². The van der Waals surface area contributed by atoms with Crippen LogP contribution in [0.5, 0.6) is 0 Å². The molecule has 7 heteroatoms. The van der Waals surface area contributed by atoms with E-state index < -0.39 is 6.04 Å². The van der Waals surface area contributed by atoms with Crippen molar-refractivity contribution in [1.82, 2.24) is 15.5 Å². The van der Waals surface area contributed by atoms with E-state index in [-0.39, 0.29) is 36.9 Å². The smallest absolute Gasteiger partial charge is 0.322 e. The molecule has 0 unspecified atom stereocenters. The molecule has 7 nitrogen and oxygen atoms in total. The summed E-state index contributed by atoms with van der Waals surface area (Å²) in [7, 11) is 0. The van der Waals surface area contributed by atoms with Crippen LogP contribution in [0.25, 0.3) is 0 Å². The quantitative estimate of drug-likeness (QED) is 0.732. The van der Waals surface area contributed by atoms with Crippen LogP contribution < -0.4 is 16.0 Å². The molecule has 1 aromatic carbocycles. The molecule has 0 radical (unpaired) electrons. The number of carbonyl (C=O) groups is 3. The summed E-state index contributed by atoms with van der Waals surface area (Å²) in [5.41, 5.74) is 0.698. The standard InChI is InChI=1S/C18H26N4O3/c1-13(2)20-16(23)10-11-19-17(24)15-9-6-12-22(15)18(25)21-14-7-4-3-5-8-14/h3-5,7-8,13,15H,6,9-12H2,1-2H3,(H,19,24)(H,20,23)(H,21,25)/t15-/m1/s1. The van der Waals surface area contributed by atoms with Gasteiger partial charge in [0.2, 0.25) is 11.8 Å². The molecule has 0 aliphatic carbocycles. The van der Waals surface area contributed by atoms with Crippen LogP contribution in [-0.4, -0.2) is 47.9 Å². The minimum Gasteiger partial charge on any atom is -0.354 e. The third-order valence-corrected chi connectivity index (χ3v) is 3.94. The highest BCUT2D eigenvalue weighted by Gasteiger charge is 2.34. The van der Waals surface area contributed by atoms with Crippen molar-refractivity contribution in [3.8, 4) is 0 Å². The lowest BCUT2D eigenvalue weighted by Gasteiger charge is -2.24. The van der Waals surface area contributed by atoms with Crippen molar-refractivity contribution in [2.24, 2.45) is 0 Å². The minimum atomic E-state index is -0.489. The van der Waals surface area contributed by atoms with Gasteiger partial charge in [-0.15, -0.1) is 0 Å². The van der Waals surface area contributed by atoms with Gasteiger partial charge in [0.05, 0.1) is 0 Å². The summed E-state index contributed by atoms with van der Waals surface area (Å²) in [5, 5.41) is 8.34. The zero-order chi connectivity index (χ0) is 18.2. The van der Waals surface area contributed by atoms with Gasteiger partial charge in [0.15, 0.2) is 0 Å². The first-order valence-corrected chi connectivity index (χ1v) is 8.67. The zero-order valence-electron chi connectivity index (χ0n) is 14.7. The van der Waals surface area contributed by atoms with Crippen LogP contribution in [0, 0.1) is 0 Å². The van der Waals surface area contributed by atoms with Gasteiger partial charge in [-0.2, -0.15) is 0 Å². The maximum atomic E-state index is 12.4. The van der Waals surface area contributed by atoms with E-state index in [9.17, 15) is 14.4 Å². The molecule has 0 saturated carbocycles. The topological polar surface area (TPSA) is 90.5 Å². The van der Waals surface area contributed by atoms with Gasteiger partial charge >= 0.3 is 6.03 Å². The van der Waals surface area contributed by atoms with Gasteiger partial charge in [0, 0.05) is 31.2 Å². The van der Waals surface area contributed by atoms with Gasteiger partial charge in [-0.3, -0.25) is 9.59 Å². The molecule has 136 valence electrons. The number of rotatable bonds is 6. The van der Waals surface area contributed by atoms with Crippen LogP contribution in [-0.2, 0) is 9.59 Å². The first kappa shape index (κ1) is 18.8. The van der Waals surface area contributed by atoms with Crippen LogP contribution in [0.1, 0.15) is 33.1 Å². The molecule has 1 heterocycles. The molecule has 1 aromatic rings. The Morgan fingerprint density at radius 2 is 1.92 bits per heavy atom. The van der Waals surface area contributed by atoms with Crippen molar-refractivity contribution in [2.45, 2.75) is 45.2 Å². The minimum absolute atomic E-state index is 0.0789. The highest BCUT2D eigenvalue weighted by Crippen LogP contribution is 2.19. The van der Waals surface area contributed by atoms with E-state index in [4.69, 9.17) is 0 Å². The van der Waals surface area contributed by atoms with E-state index in [0.717, 1.165) is 6.42 Å². The van der Waals surface area contributed by atoms with Crippen LogP contribution in [0.4, 0.5) is 10.5 Å². The lowest BCUT2D eigenvalue weighted by atomic mass is 10.2.